The molecule has 0 fully saturated rings. The van der Waals surface area contributed by atoms with Crippen LogP contribution in [0.25, 0.3) is 0 Å². The van der Waals surface area contributed by atoms with E-state index in [2.05, 4.69) is 0 Å². The average Bonchev–Trinajstić information content (AvgIpc) is 3.34. The summed E-state index contributed by atoms with van der Waals surface area (Å²) in [5.41, 5.74) is 1.55. The lowest BCUT2D eigenvalue weighted by molar-refractivity contribution is -0.121. The minimum absolute atomic E-state index is 0.0536. The van der Waals surface area contributed by atoms with Crippen LogP contribution in [0, 0.1) is 0 Å². The molecule has 0 spiro atoms. The highest BCUT2D eigenvalue weighted by Gasteiger charge is 2.43. The fourth-order valence-electron chi connectivity index (χ4n) is 4.13. The topological polar surface area (TPSA) is 70.8 Å². The third-order valence-corrected chi connectivity index (χ3v) is 7.97. The molecule has 7 heteroatoms. The molecule has 0 aliphatic carbocycles. The van der Waals surface area contributed by atoms with Crippen molar-refractivity contribution >= 4 is 21.6 Å². The molecule has 2 heterocycles. The Labute approximate surface area is 183 Å². The maximum Gasteiger partial charge on any atom is 0.244 e. The van der Waals surface area contributed by atoms with E-state index in [0.29, 0.717) is 11.3 Å². The molecule has 2 aromatic carbocycles. The van der Waals surface area contributed by atoms with Crippen molar-refractivity contribution < 1.29 is 17.6 Å². The molecule has 1 amide bonds. The summed E-state index contributed by atoms with van der Waals surface area (Å²) in [6.07, 6.45) is 1.53. The summed E-state index contributed by atoms with van der Waals surface area (Å²) >= 11 is 0. The second-order valence-corrected chi connectivity index (χ2v) is 10.3. The van der Waals surface area contributed by atoms with Crippen LogP contribution in [0.1, 0.15) is 43.7 Å². The minimum atomic E-state index is -3.89. The summed E-state index contributed by atoms with van der Waals surface area (Å²) in [5, 5.41) is 0. The summed E-state index contributed by atoms with van der Waals surface area (Å²) in [5.74, 6) is 0.505. The van der Waals surface area contributed by atoms with E-state index < -0.39 is 21.5 Å². The molecule has 3 aromatic rings. The fraction of sp³-hybridized carbons (Fsp3) is 0.292. The highest BCUT2D eigenvalue weighted by molar-refractivity contribution is 7.89. The van der Waals surface area contributed by atoms with Gasteiger partial charge < -0.3 is 9.32 Å². The molecule has 1 atom stereocenters. The number of likely N-dealkylation sites (N-methyl/N-ethyl adjacent to an activating group) is 1. The molecule has 1 aliphatic rings. The van der Waals surface area contributed by atoms with Gasteiger partial charge in [-0.25, -0.2) is 8.42 Å². The number of carbonyl (C=O) groups is 1. The Kier molecular flexibility index (Phi) is 5.27. The van der Waals surface area contributed by atoms with E-state index in [4.69, 9.17) is 4.42 Å². The van der Waals surface area contributed by atoms with Gasteiger partial charge in [-0.2, -0.15) is 4.31 Å². The van der Waals surface area contributed by atoms with Gasteiger partial charge in [-0.15, -0.1) is 0 Å². The Morgan fingerprint density at radius 2 is 1.77 bits per heavy atom. The number of furan rings is 1. The van der Waals surface area contributed by atoms with Crippen molar-refractivity contribution in [3.63, 3.8) is 0 Å². The summed E-state index contributed by atoms with van der Waals surface area (Å²) in [6, 6.07) is 17.5. The van der Waals surface area contributed by atoms with E-state index in [1.807, 2.05) is 51.1 Å². The van der Waals surface area contributed by atoms with E-state index in [9.17, 15) is 13.2 Å². The molecule has 1 unspecified atom stereocenters. The molecular formula is C24H26N2O4S. The number of nitrogens with zero attached hydrogens (tertiary/aromatic N) is 2. The number of rotatable bonds is 6. The summed E-state index contributed by atoms with van der Waals surface area (Å²) in [4.78, 5) is 14.4. The van der Waals surface area contributed by atoms with E-state index in [1.54, 1.807) is 42.3 Å². The maximum absolute atomic E-state index is 13.8. The van der Waals surface area contributed by atoms with Gasteiger partial charge in [-0.05, 0) is 62.2 Å². The second-order valence-electron chi connectivity index (χ2n) is 8.38. The van der Waals surface area contributed by atoms with Crippen LogP contribution >= 0.6 is 0 Å². The molecule has 0 saturated carbocycles. The van der Waals surface area contributed by atoms with Crippen molar-refractivity contribution in [3.05, 3.63) is 83.8 Å². The molecule has 1 aliphatic heterocycles. The van der Waals surface area contributed by atoms with Crippen molar-refractivity contribution in [2.24, 2.45) is 0 Å². The molecule has 0 radical (unpaired) electrons. The Hall–Kier alpha value is -2.90. The molecule has 31 heavy (non-hydrogen) atoms. The standard InChI is InChI=1S/C24H26N2O4S/c1-17(18-9-6-5-7-10-18)26(16-19-11-8-14-30-19)31(28,29)20-12-13-22-21(15-20)24(2,3)23(27)25(22)4/h5-15,17H,16H2,1-4H3. The number of sulfonamides is 1. The Bertz CT molecular complexity index is 1200. The van der Waals surface area contributed by atoms with E-state index in [1.165, 1.54) is 10.6 Å². The largest absolute Gasteiger partial charge is 0.468 e. The maximum atomic E-state index is 13.8. The number of hydrogen-bond acceptors (Lipinski definition) is 4. The van der Waals surface area contributed by atoms with Crippen molar-refractivity contribution in [2.45, 2.75) is 43.7 Å². The predicted molar refractivity (Wildman–Crippen MR) is 119 cm³/mol. The van der Waals surface area contributed by atoms with Gasteiger partial charge >= 0.3 is 0 Å². The molecule has 0 bridgehead atoms. The number of amides is 1. The van der Waals surface area contributed by atoms with Crippen LogP contribution in [0.15, 0.2) is 76.2 Å². The molecule has 1 aromatic heterocycles. The predicted octanol–water partition coefficient (Wildman–Crippen LogP) is 4.49. The van der Waals surface area contributed by atoms with Crippen molar-refractivity contribution in [1.29, 1.82) is 0 Å². The summed E-state index contributed by atoms with van der Waals surface area (Å²) in [7, 11) is -2.17. The lowest BCUT2D eigenvalue weighted by Gasteiger charge is -2.28. The Balaban J connectivity index is 1.80. The molecule has 6 nitrogen and oxygen atoms in total. The average molecular weight is 439 g/mol. The van der Waals surface area contributed by atoms with Crippen molar-refractivity contribution in [1.82, 2.24) is 4.31 Å². The third-order valence-electron chi connectivity index (χ3n) is 6.05. The first kappa shape index (κ1) is 21.3. The minimum Gasteiger partial charge on any atom is -0.468 e. The Morgan fingerprint density at radius 1 is 1.06 bits per heavy atom. The molecular weight excluding hydrogens is 412 g/mol. The van der Waals surface area contributed by atoms with Crippen molar-refractivity contribution in [2.75, 3.05) is 11.9 Å². The SMILES string of the molecule is CC(c1ccccc1)N(Cc1ccco1)S(=O)(=O)c1ccc2c(c1)C(C)(C)C(=O)N2C. The molecule has 0 saturated heterocycles. The first-order valence-corrected chi connectivity index (χ1v) is 11.6. The molecule has 162 valence electrons. The Morgan fingerprint density at radius 3 is 2.42 bits per heavy atom. The van der Waals surface area contributed by atoms with Crippen LogP contribution in [-0.2, 0) is 26.8 Å². The number of hydrogen-bond donors (Lipinski definition) is 0. The number of carbonyl (C=O) groups excluding carboxylic acids is 1. The quantitative estimate of drug-likeness (QED) is 0.569. The second kappa shape index (κ2) is 7.66. The molecule has 0 N–H and O–H groups in total. The highest BCUT2D eigenvalue weighted by atomic mass is 32.2. The van der Waals surface area contributed by atoms with Crippen LogP contribution in [0.5, 0.6) is 0 Å². The van der Waals surface area contributed by atoms with Gasteiger partial charge in [0.2, 0.25) is 15.9 Å². The van der Waals surface area contributed by atoms with Crippen LogP contribution < -0.4 is 4.90 Å². The van der Waals surface area contributed by atoms with E-state index in [-0.39, 0.29) is 17.3 Å². The zero-order valence-electron chi connectivity index (χ0n) is 18.1. The van der Waals surface area contributed by atoms with Crippen LogP contribution in [0.3, 0.4) is 0 Å². The number of benzene rings is 2. The third kappa shape index (κ3) is 3.58. The lowest BCUT2D eigenvalue weighted by atomic mass is 9.86. The lowest BCUT2D eigenvalue weighted by Crippen LogP contribution is -2.34. The first-order chi connectivity index (χ1) is 14.6. The number of anilines is 1. The zero-order chi connectivity index (χ0) is 22.4. The summed E-state index contributed by atoms with van der Waals surface area (Å²) < 4.78 is 34.6. The van der Waals surface area contributed by atoms with Crippen molar-refractivity contribution in [3.8, 4) is 0 Å². The van der Waals surface area contributed by atoms with Crippen LogP contribution in [0.2, 0.25) is 0 Å². The van der Waals surface area contributed by atoms with Gasteiger partial charge in [0.1, 0.15) is 5.76 Å². The van der Waals surface area contributed by atoms with E-state index in [0.717, 1.165) is 11.3 Å². The van der Waals surface area contributed by atoms with Gasteiger partial charge in [0.15, 0.2) is 0 Å². The van der Waals surface area contributed by atoms with E-state index >= 15 is 0 Å². The molecule has 4 rings (SSSR count). The van der Waals surface area contributed by atoms with Gasteiger partial charge in [0.05, 0.1) is 23.1 Å². The first-order valence-electron chi connectivity index (χ1n) is 10.2. The number of fused-ring (bicyclic) bond motifs is 1. The van der Waals surface area contributed by atoms with Crippen LogP contribution in [-0.4, -0.2) is 25.7 Å². The fourth-order valence-corrected chi connectivity index (χ4v) is 5.74. The monoisotopic (exact) mass is 438 g/mol. The van der Waals surface area contributed by atoms with Gasteiger partial charge in [0.25, 0.3) is 0 Å². The zero-order valence-corrected chi connectivity index (χ0v) is 18.9. The van der Waals surface area contributed by atoms with Gasteiger partial charge in [-0.3, -0.25) is 4.79 Å². The normalized spacial score (nSPS) is 16.5. The summed E-state index contributed by atoms with van der Waals surface area (Å²) in [6.45, 7) is 5.61. The highest BCUT2D eigenvalue weighted by Crippen LogP contribution is 2.42. The van der Waals surface area contributed by atoms with Crippen LogP contribution in [0.4, 0.5) is 5.69 Å². The smallest absolute Gasteiger partial charge is 0.244 e. The van der Waals surface area contributed by atoms with Gasteiger partial charge in [-0.1, -0.05) is 30.3 Å². The van der Waals surface area contributed by atoms with Gasteiger partial charge in [0, 0.05) is 18.8 Å².